The summed E-state index contributed by atoms with van der Waals surface area (Å²) >= 11 is 0. The summed E-state index contributed by atoms with van der Waals surface area (Å²) in [7, 11) is 0. The van der Waals surface area contributed by atoms with Gasteiger partial charge in [0.1, 0.15) is 24.5 Å². The second kappa shape index (κ2) is 8.82. The van der Waals surface area contributed by atoms with Gasteiger partial charge in [-0.05, 0) is 13.0 Å². The van der Waals surface area contributed by atoms with Crippen LogP contribution in [0.4, 0.5) is 0 Å². The van der Waals surface area contributed by atoms with E-state index in [0.717, 1.165) is 13.0 Å². The lowest BCUT2D eigenvalue weighted by Crippen LogP contribution is -2.57. The maximum Gasteiger partial charge on any atom is 0.137 e. The Hall–Kier alpha value is -0.200. The molecule has 4 atom stereocenters. The summed E-state index contributed by atoms with van der Waals surface area (Å²) in [5, 5.41) is 31.5. The van der Waals surface area contributed by atoms with E-state index < -0.39 is 24.5 Å². The molecule has 4 N–H and O–H groups in total. The van der Waals surface area contributed by atoms with E-state index in [1.54, 1.807) is 0 Å². The number of ether oxygens (including phenoxy) is 1. The highest BCUT2D eigenvalue weighted by Gasteiger charge is 2.36. The molecule has 5 nitrogen and oxygen atoms in total. The van der Waals surface area contributed by atoms with E-state index in [0.29, 0.717) is 0 Å². The SMILES string of the molecule is CCCCCCCCNC1OC[C@@H](O)[C@H](O)[C@H]1O. The minimum atomic E-state index is -1.12. The molecule has 1 saturated heterocycles. The Bertz CT molecular complexity index is 215. The van der Waals surface area contributed by atoms with Crippen LogP contribution in [0.1, 0.15) is 45.4 Å². The first-order valence-electron chi connectivity index (χ1n) is 7.06. The van der Waals surface area contributed by atoms with E-state index >= 15 is 0 Å². The average Bonchev–Trinajstić information content (AvgIpc) is 2.37. The van der Waals surface area contributed by atoms with Gasteiger partial charge in [-0.15, -0.1) is 0 Å². The molecule has 1 aliphatic heterocycles. The molecule has 0 spiro atoms. The van der Waals surface area contributed by atoms with Gasteiger partial charge in [0.25, 0.3) is 0 Å². The molecule has 0 bridgehead atoms. The molecular weight excluding hydrogens is 234 g/mol. The van der Waals surface area contributed by atoms with Crippen molar-refractivity contribution in [1.82, 2.24) is 5.32 Å². The Labute approximate surface area is 109 Å². The maximum atomic E-state index is 9.68. The largest absolute Gasteiger partial charge is 0.388 e. The van der Waals surface area contributed by atoms with Gasteiger partial charge in [0.15, 0.2) is 0 Å². The second-order valence-electron chi connectivity index (χ2n) is 5.02. The first-order chi connectivity index (χ1) is 8.66. The fourth-order valence-corrected chi connectivity index (χ4v) is 2.14. The lowest BCUT2D eigenvalue weighted by Gasteiger charge is -2.35. The van der Waals surface area contributed by atoms with E-state index in [9.17, 15) is 15.3 Å². The van der Waals surface area contributed by atoms with Crippen molar-refractivity contribution in [3.05, 3.63) is 0 Å². The predicted molar refractivity (Wildman–Crippen MR) is 69.1 cm³/mol. The highest BCUT2D eigenvalue weighted by molar-refractivity contribution is 4.85. The number of hydrogen-bond donors (Lipinski definition) is 4. The maximum absolute atomic E-state index is 9.68. The second-order valence-corrected chi connectivity index (χ2v) is 5.02. The van der Waals surface area contributed by atoms with Crippen molar-refractivity contribution in [2.75, 3.05) is 13.2 Å². The van der Waals surface area contributed by atoms with Crippen molar-refractivity contribution < 1.29 is 20.1 Å². The minimum Gasteiger partial charge on any atom is -0.388 e. The van der Waals surface area contributed by atoms with Crippen LogP contribution < -0.4 is 5.32 Å². The number of nitrogens with one attached hydrogen (secondary N) is 1. The van der Waals surface area contributed by atoms with E-state index in [4.69, 9.17) is 4.74 Å². The van der Waals surface area contributed by atoms with Gasteiger partial charge in [0.2, 0.25) is 0 Å². The van der Waals surface area contributed by atoms with Gasteiger partial charge in [0.05, 0.1) is 6.61 Å². The molecule has 18 heavy (non-hydrogen) atoms. The highest BCUT2D eigenvalue weighted by atomic mass is 16.5. The lowest BCUT2D eigenvalue weighted by atomic mass is 10.0. The van der Waals surface area contributed by atoms with Crippen LogP contribution in [0.25, 0.3) is 0 Å². The summed E-state index contributed by atoms with van der Waals surface area (Å²) in [4.78, 5) is 0. The molecule has 5 heteroatoms. The molecule has 0 saturated carbocycles. The van der Waals surface area contributed by atoms with Gasteiger partial charge < -0.3 is 20.1 Å². The molecule has 1 fully saturated rings. The van der Waals surface area contributed by atoms with Gasteiger partial charge in [-0.3, -0.25) is 5.32 Å². The first kappa shape index (κ1) is 15.9. The van der Waals surface area contributed by atoms with Crippen molar-refractivity contribution in [3.8, 4) is 0 Å². The first-order valence-corrected chi connectivity index (χ1v) is 7.06. The monoisotopic (exact) mass is 261 g/mol. The Morgan fingerprint density at radius 1 is 1.00 bits per heavy atom. The number of aliphatic hydroxyl groups is 3. The van der Waals surface area contributed by atoms with Crippen molar-refractivity contribution in [3.63, 3.8) is 0 Å². The third kappa shape index (κ3) is 5.20. The summed E-state index contributed by atoms with van der Waals surface area (Å²) in [6, 6.07) is 0. The summed E-state index contributed by atoms with van der Waals surface area (Å²) < 4.78 is 5.25. The van der Waals surface area contributed by atoms with Gasteiger partial charge in [-0.1, -0.05) is 39.0 Å². The number of rotatable bonds is 8. The Morgan fingerprint density at radius 3 is 2.39 bits per heavy atom. The van der Waals surface area contributed by atoms with E-state index in [1.165, 1.54) is 32.1 Å². The van der Waals surface area contributed by atoms with Crippen LogP contribution in [0.15, 0.2) is 0 Å². The topological polar surface area (TPSA) is 82.0 Å². The van der Waals surface area contributed by atoms with Gasteiger partial charge in [-0.25, -0.2) is 0 Å². The van der Waals surface area contributed by atoms with E-state index in [-0.39, 0.29) is 6.61 Å². The summed E-state index contributed by atoms with van der Waals surface area (Å²) in [6.07, 6.45) is 3.52. The number of aliphatic hydroxyl groups excluding tert-OH is 3. The summed E-state index contributed by atoms with van der Waals surface area (Å²) in [5.41, 5.74) is 0. The molecule has 0 radical (unpaired) electrons. The van der Waals surface area contributed by atoms with Gasteiger partial charge >= 0.3 is 0 Å². The van der Waals surface area contributed by atoms with Gasteiger partial charge in [-0.2, -0.15) is 0 Å². The zero-order valence-corrected chi connectivity index (χ0v) is 11.2. The van der Waals surface area contributed by atoms with Crippen LogP contribution in [0.2, 0.25) is 0 Å². The zero-order valence-electron chi connectivity index (χ0n) is 11.2. The quantitative estimate of drug-likeness (QED) is 0.475. The molecule has 0 amide bonds. The molecule has 0 aromatic carbocycles. The van der Waals surface area contributed by atoms with E-state index in [2.05, 4.69) is 12.2 Å². The summed E-state index contributed by atoms with van der Waals surface area (Å²) in [5.74, 6) is 0. The minimum absolute atomic E-state index is 0.0619. The van der Waals surface area contributed by atoms with Crippen molar-refractivity contribution in [2.24, 2.45) is 0 Å². The highest BCUT2D eigenvalue weighted by Crippen LogP contribution is 2.13. The Balaban J connectivity index is 2.05. The molecular formula is C13H27NO4. The molecule has 0 aromatic heterocycles. The van der Waals surface area contributed by atoms with Crippen LogP contribution in [0.3, 0.4) is 0 Å². The summed E-state index contributed by atoms with van der Waals surface area (Å²) in [6.45, 7) is 3.02. The van der Waals surface area contributed by atoms with E-state index in [1.807, 2.05) is 0 Å². The average molecular weight is 261 g/mol. The molecule has 1 aliphatic rings. The van der Waals surface area contributed by atoms with Crippen LogP contribution in [-0.4, -0.2) is 53.0 Å². The normalized spacial score (nSPS) is 32.7. The van der Waals surface area contributed by atoms with Crippen LogP contribution in [0.5, 0.6) is 0 Å². The van der Waals surface area contributed by atoms with Gasteiger partial charge in [0, 0.05) is 0 Å². The van der Waals surface area contributed by atoms with Crippen molar-refractivity contribution in [2.45, 2.75) is 70.0 Å². The molecule has 1 heterocycles. The number of hydrogen-bond acceptors (Lipinski definition) is 5. The molecule has 1 rings (SSSR count). The predicted octanol–water partition coefficient (Wildman–Crippen LogP) is 0.376. The fourth-order valence-electron chi connectivity index (χ4n) is 2.14. The lowest BCUT2D eigenvalue weighted by molar-refractivity contribution is -0.195. The zero-order chi connectivity index (χ0) is 13.4. The molecule has 1 unspecified atom stereocenters. The Kier molecular flexibility index (Phi) is 7.77. The fraction of sp³-hybridized carbons (Fsp3) is 1.00. The molecule has 0 aromatic rings. The van der Waals surface area contributed by atoms with Crippen LogP contribution in [0, 0.1) is 0 Å². The third-order valence-corrected chi connectivity index (χ3v) is 3.38. The van der Waals surface area contributed by atoms with Crippen LogP contribution >= 0.6 is 0 Å². The molecule has 0 aliphatic carbocycles. The third-order valence-electron chi connectivity index (χ3n) is 3.38. The standard InChI is InChI=1S/C13H27NO4/c1-2-3-4-5-6-7-8-14-13-12(17)11(16)10(15)9-18-13/h10-17H,2-9H2,1H3/t10-,11+,12-,13?/m1/s1. The van der Waals surface area contributed by atoms with Crippen molar-refractivity contribution >= 4 is 0 Å². The molecule has 108 valence electrons. The Morgan fingerprint density at radius 2 is 1.67 bits per heavy atom. The van der Waals surface area contributed by atoms with Crippen LogP contribution in [-0.2, 0) is 4.74 Å². The van der Waals surface area contributed by atoms with Crippen molar-refractivity contribution in [1.29, 1.82) is 0 Å². The smallest absolute Gasteiger partial charge is 0.137 e. The number of unbranched alkanes of at least 4 members (excludes halogenated alkanes) is 5.